The van der Waals surface area contributed by atoms with Gasteiger partial charge in [0, 0.05) is 5.69 Å². The lowest BCUT2D eigenvalue weighted by molar-refractivity contribution is 0.483. The predicted molar refractivity (Wildman–Crippen MR) is 90.0 cm³/mol. The van der Waals surface area contributed by atoms with E-state index in [0.29, 0.717) is 11.4 Å². The second-order valence-corrected chi connectivity index (χ2v) is 6.48. The Morgan fingerprint density at radius 1 is 1.00 bits per heavy atom. The van der Waals surface area contributed by atoms with Crippen LogP contribution in [-0.4, -0.2) is 13.0 Å². The third kappa shape index (κ3) is 4.14. The maximum Gasteiger partial charge on any atom is 0.294 e. The second-order valence-electron chi connectivity index (χ2n) is 5.06. The van der Waals surface area contributed by atoms with Gasteiger partial charge in [-0.1, -0.05) is 19.9 Å². The lowest BCUT2D eigenvalue weighted by atomic mass is 10.0. The van der Waals surface area contributed by atoms with Crippen molar-refractivity contribution in [2.45, 2.75) is 31.6 Å². The molecule has 23 heavy (non-hydrogen) atoms. The molecule has 0 fully saturated rings. The normalized spacial score (nSPS) is 12.0. The number of hydrogen-bond donors (Lipinski definition) is 2. The van der Waals surface area contributed by atoms with Crippen molar-refractivity contribution in [2.75, 3.05) is 5.73 Å². The standard InChI is InChI=1S/C16H19N3O3S/c1-3-11-8-14(9-12(4-2)16(11)17)19-18-13-6-5-7-15(10-13)23(20,21)22/h5-10H,3-4,17H2,1-2H3,(H,20,21,22). The van der Waals surface area contributed by atoms with Crippen molar-refractivity contribution >= 4 is 27.2 Å². The van der Waals surface area contributed by atoms with Gasteiger partial charge in [0.25, 0.3) is 10.1 Å². The molecule has 0 atom stereocenters. The number of benzene rings is 2. The Balaban J connectivity index is 2.37. The summed E-state index contributed by atoms with van der Waals surface area (Å²) < 4.78 is 31.3. The number of nitrogens with two attached hydrogens (primary N) is 1. The molecule has 2 aromatic rings. The number of anilines is 1. The Hall–Kier alpha value is -2.25. The summed E-state index contributed by atoms with van der Waals surface area (Å²) in [5, 5.41) is 8.19. The summed E-state index contributed by atoms with van der Waals surface area (Å²) in [6.45, 7) is 4.03. The van der Waals surface area contributed by atoms with Gasteiger partial charge in [-0.3, -0.25) is 4.55 Å². The molecule has 0 aromatic heterocycles. The van der Waals surface area contributed by atoms with Crippen LogP contribution in [0.5, 0.6) is 0 Å². The Bertz CT molecular complexity index is 820. The predicted octanol–water partition coefficient (Wildman–Crippen LogP) is 4.06. The first-order chi connectivity index (χ1) is 10.8. The summed E-state index contributed by atoms with van der Waals surface area (Å²) in [5.41, 5.74) is 9.87. The van der Waals surface area contributed by atoms with Crippen molar-refractivity contribution in [1.29, 1.82) is 0 Å². The monoisotopic (exact) mass is 333 g/mol. The SMILES string of the molecule is CCc1cc(N=Nc2cccc(S(=O)(=O)O)c2)cc(CC)c1N. The Morgan fingerprint density at radius 2 is 1.57 bits per heavy atom. The molecule has 0 unspecified atom stereocenters. The summed E-state index contributed by atoms with van der Waals surface area (Å²) in [5.74, 6) is 0. The molecule has 2 rings (SSSR count). The molecule has 0 saturated carbocycles. The molecule has 0 aliphatic carbocycles. The Morgan fingerprint density at radius 3 is 2.09 bits per heavy atom. The van der Waals surface area contributed by atoms with Gasteiger partial charge in [-0.25, -0.2) is 0 Å². The van der Waals surface area contributed by atoms with Crippen LogP contribution in [0.2, 0.25) is 0 Å². The largest absolute Gasteiger partial charge is 0.398 e. The van der Waals surface area contributed by atoms with Crippen LogP contribution in [0.25, 0.3) is 0 Å². The summed E-state index contributed by atoms with van der Waals surface area (Å²) >= 11 is 0. The third-order valence-corrected chi connectivity index (χ3v) is 4.34. The number of aryl methyl sites for hydroxylation is 2. The van der Waals surface area contributed by atoms with Gasteiger partial charge >= 0.3 is 0 Å². The van der Waals surface area contributed by atoms with Gasteiger partial charge in [0.15, 0.2) is 0 Å². The maximum atomic E-state index is 11.1. The molecule has 0 radical (unpaired) electrons. The molecule has 122 valence electrons. The second kappa shape index (κ2) is 6.89. The Kier molecular flexibility index (Phi) is 5.12. The minimum absolute atomic E-state index is 0.213. The highest BCUT2D eigenvalue weighted by atomic mass is 32.2. The zero-order valence-corrected chi connectivity index (χ0v) is 13.8. The van der Waals surface area contributed by atoms with Crippen LogP contribution < -0.4 is 5.73 Å². The number of azo groups is 1. The van der Waals surface area contributed by atoms with Gasteiger partial charge < -0.3 is 5.73 Å². The lowest BCUT2D eigenvalue weighted by Crippen LogP contribution is -1.98. The van der Waals surface area contributed by atoms with Gasteiger partial charge in [0.05, 0.1) is 16.3 Å². The van der Waals surface area contributed by atoms with E-state index in [2.05, 4.69) is 10.2 Å². The van der Waals surface area contributed by atoms with Crippen molar-refractivity contribution in [3.63, 3.8) is 0 Å². The Labute approximate surface area is 135 Å². The van der Waals surface area contributed by atoms with Crippen LogP contribution in [0.1, 0.15) is 25.0 Å². The molecular weight excluding hydrogens is 314 g/mol. The molecule has 0 aliphatic heterocycles. The molecule has 7 heteroatoms. The summed E-state index contributed by atoms with van der Waals surface area (Å²) in [6.07, 6.45) is 1.58. The van der Waals surface area contributed by atoms with E-state index in [-0.39, 0.29) is 4.90 Å². The number of nitrogen functional groups attached to an aromatic ring is 1. The average molecular weight is 333 g/mol. The van der Waals surface area contributed by atoms with Gasteiger partial charge in [-0.05, 0) is 54.3 Å². The van der Waals surface area contributed by atoms with Crippen LogP contribution in [0.3, 0.4) is 0 Å². The van der Waals surface area contributed by atoms with E-state index in [1.54, 1.807) is 6.07 Å². The first-order valence-corrected chi connectivity index (χ1v) is 8.69. The first-order valence-electron chi connectivity index (χ1n) is 7.25. The number of nitrogens with zero attached hydrogens (tertiary/aromatic N) is 2. The van der Waals surface area contributed by atoms with E-state index in [0.717, 1.165) is 29.7 Å². The summed E-state index contributed by atoms with van der Waals surface area (Å²) in [7, 11) is -4.25. The zero-order valence-electron chi connectivity index (χ0n) is 13.0. The minimum atomic E-state index is -4.25. The molecule has 0 amide bonds. The molecule has 0 bridgehead atoms. The number of rotatable bonds is 5. The van der Waals surface area contributed by atoms with Crippen molar-refractivity contribution < 1.29 is 13.0 Å². The molecule has 0 aliphatic rings. The average Bonchev–Trinajstić information content (AvgIpc) is 2.53. The van der Waals surface area contributed by atoms with Crippen molar-refractivity contribution in [3.05, 3.63) is 47.5 Å². The van der Waals surface area contributed by atoms with Crippen LogP contribution in [0.4, 0.5) is 17.1 Å². The smallest absolute Gasteiger partial charge is 0.294 e. The third-order valence-electron chi connectivity index (χ3n) is 3.49. The van der Waals surface area contributed by atoms with Gasteiger partial charge in [0.2, 0.25) is 0 Å². The summed E-state index contributed by atoms with van der Waals surface area (Å²) in [4.78, 5) is -0.213. The molecule has 3 N–H and O–H groups in total. The molecular formula is C16H19N3O3S. The van der Waals surface area contributed by atoms with E-state index >= 15 is 0 Å². The van der Waals surface area contributed by atoms with E-state index in [9.17, 15) is 8.42 Å². The first kappa shape index (κ1) is 17.1. The maximum absolute atomic E-state index is 11.1. The van der Waals surface area contributed by atoms with E-state index in [4.69, 9.17) is 10.3 Å². The van der Waals surface area contributed by atoms with Crippen LogP contribution in [0.15, 0.2) is 51.5 Å². The highest BCUT2D eigenvalue weighted by molar-refractivity contribution is 7.85. The van der Waals surface area contributed by atoms with E-state index in [1.165, 1.54) is 18.2 Å². The topological polar surface area (TPSA) is 105 Å². The van der Waals surface area contributed by atoms with Crippen LogP contribution >= 0.6 is 0 Å². The lowest BCUT2D eigenvalue weighted by Gasteiger charge is -2.09. The van der Waals surface area contributed by atoms with Gasteiger partial charge in [-0.15, -0.1) is 0 Å². The highest BCUT2D eigenvalue weighted by Crippen LogP contribution is 2.28. The van der Waals surface area contributed by atoms with E-state index < -0.39 is 10.1 Å². The van der Waals surface area contributed by atoms with Crippen LogP contribution in [-0.2, 0) is 23.0 Å². The van der Waals surface area contributed by atoms with E-state index in [1.807, 2.05) is 26.0 Å². The zero-order chi connectivity index (χ0) is 17.0. The summed E-state index contributed by atoms with van der Waals surface area (Å²) in [6, 6.07) is 9.39. The fourth-order valence-electron chi connectivity index (χ4n) is 2.22. The van der Waals surface area contributed by atoms with Crippen LogP contribution in [0, 0.1) is 0 Å². The fraction of sp³-hybridized carbons (Fsp3) is 0.250. The number of hydrogen-bond acceptors (Lipinski definition) is 5. The quantitative estimate of drug-likeness (QED) is 0.489. The highest BCUT2D eigenvalue weighted by Gasteiger charge is 2.09. The van der Waals surface area contributed by atoms with Gasteiger partial charge in [-0.2, -0.15) is 18.6 Å². The van der Waals surface area contributed by atoms with Gasteiger partial charge in [0.1, 0.15) is 0 Å². The fourth-order valence-corrected chi connectivity index (χ4v) is 2.75. The van der Waals surface area contributed by atoms with Crippen molar-refractivity contribution in [2.24, 2.45) is 10.2 Å². The molecule has 0 heterocycles. The minimum Gasteiger partial charge on any atom is -0.398 e. The molecule has 2 aromatic carbocycles. The van der Waals surface area contributed by atoms with Crippen molar-refractivity contribution in [1.82, 2.24) is 0 Å². The molecule has 6 nitrogen and oxygen atoms in total. The molecule has 0 saturated heterocycles. The van der Waals surface area contributed by atoms with Crippen molar-refractivity contribution in [3.8, 4) is 0 Å². The molecule has 0 spiro atoms.